The Balaban J connectivity index is 2.22. The van der Waals surface area contributed by atoms with Gasteiger partial charge in [-0.25, -0.2) is 8.42 Å². The van der Waals surface area contributed by atoms with Gasteiger partial charge in [0.15, 0.2) is 0 Å². The maximum absolute atomic E-state index is 13.4. The molecule has 36 heavy (non-hydrogen) atoms. The van der Waals surface area contributed by atoms with Crippen LogP contribution in [0.15, 0.2) is 42.5 Å². The summed E-state index contributed by atoms with van der Waals surface area (Å²) in [4.78, 5) is 27.8. The van der Waals surface area contributed by atoms with Crippen LogP contribution in [0.1, 0.15) is 57.2 Å². The molecule has 0 unspecified atom stereocenters. The number of halogens is 1. The van der Waals surface area contributed by atoms with E-state index >= 15 is 0 Å². The third kappa shape index (κ3) is 9.13. The average Bonchev–Trinajstić information content (AvgIpc) is 2.71. The predicted octanol–water partition coefficient (Wildman–Crippen LogP) is 4.84. The topological polar surface area (TPSA) is 86.8 Å². The average molecular weight is 536 g/mol. The van der Waals surface area contributed by atoms with Gasteiger partial charge in [-0.2, -0.15) is 0 Å². The van der Waals surface area contributed by atoms with E-state index in [4.69, 9.17) is 11.6 Å². The van der Waals surface area contributed by atoms with Crippen molar-refractivity contribution in [1.29, 1.82) is 0 Å². The number of hydrogen-bond donors (Lipinski definition) is 1. The van der Waals surface area contributed by atoms with Crippen molar-refractivity contribution < 1.29 is 18.0 Å². The molecule has 2 amide bonds. The minimum absolute atomic E-state index is 0.0878. The Kier molecular flexibility index (Phi) is 9.97. The van der Waals surface area contributed by atoms with Gasteiger partial charge in [-0.3, -0.25) is 13.9 Å². The van der Waals surface area contributed by atoms with Crippen LogP contribution in [-0.4, -0.2) is 49.5 Å². The van der Waals surface area contributed by atoms with Gasteiger partial charge < -0.3 is 10.2 Å². The fourth-order valence-electron chi connectivity index (χ4n) is 3.99. The molecular formula is C27H38ClN3O4S. The fraction of sp³-hybridized carbons (Fsp3) is 0.481. The van der Waals surface area contributed by atoms with E-state index in [-0.39, 0.29) is 31.3 Å². The van der Waals surface area contributed by atoms with Crippen molar-refractivity contribution in [1.82, 2.24) is 10.2 Å². The number of amides is 2. The van der Waals surface area contributed by atoms with E-state index < -0.39 is 21.6 Å². The Morgan fingerprint density at radius 1 is 1.06 bits per heavy atom. The highest BCUT2D eigenvalue weighted by atomic mass is 35.5. The summed E-state index contributed by atoms with van der Waals surface area (Å²) >= 11 is 6.13. The van der Waals surface area contributed by atoms with Gasteiger partial charge in [0.05, 0.1) is 11.9 Å². The van der Waals surface area contributed by atoms with E-state index in [9.17, 15) is 18.0 Å². The number of carbonyl (C=O) groups is 2. The van der Waals surface area contributed by atoms with Crippen molar-refractivity contribution in [2.24, 2.45) is 0 Å². The van der Waals surface area contributed by atoms with Gasteiger partial charge in [-0.05, 0) is 88.9 Å². The van der Waals surface area contributed by atoms with Crippen molar-refractivity contribution in [2.45, 2.75) is 72.5 Å². The molecule has 0 aliphatic heterocycles. The van der Waals surface area contributed by atoms with Crippen LogP contribution < -0.4 is 9.62 Å². The first-order valence-electron chi connectivity index (χ1n) is 12.0. The monoisotopic (exact) mass is 535 g/mol. The quantitative estimate of drug-likeness (QED) is 0.472. The summed E-state index contributed by atoms with van der Waals surface area (Å²) in [6.07, 6.45) is 1.56. The third-order valence-electron chi connectivity index (χ3n) is 5.55. The molecule has 0 spiro atoms. The van der Waals surface area contributed by atoms with Crippen molar-refractivity contribution in [3.63, 3.8) is 0 Å². The van der Waals surface area contributed by atoms with Gasteiger partial charge >= 0.3 is 0 Å². The molecule has 2 aromatic rings. The van der Waals surface area contributed by atoms with Gasteiger partial charge in [0.1, 0.15) is 6.04 Å². The smallest absolute Gasteiger partial charge is 0.242 e. The van der Waals surface area contributed by atoms with Gasteiger partial charge in [0.25, 0.3) is 0 Å². The van der Waals surface area contributed by atoms with Gasteiger partial charge in [-0.15, -0.1) is 0 Å². The number of carbonyl (C=O) groups excluding carboxylic acids is 2. The predicted molar refractivity (Wildman–Crippen MR) is 147 cm³/mol. The molecule has 0 aromatic heterocycles. The minimum Gasteiger partial charge on any atom is -0.350 e. The number of rotatable bonds is 10. The van der Waals surface area contributed by atoms with Crippen molar-refractivity contribution in [2.75, 3.05) is 17.1 Å². The Labute approximate surface area is 220 Å². The molecule has 1 atom stereocenters. The van der Waals surface area contributed by atoms with Gasteiger partial charge in [-0.1, -0.05) is 29.8 Å². The molecule has 0 heterocycles. The lowest BCUT2D eigenvalue weighted by Gasteiger charge is -2.32. The zero-order valence-electron chi connectivity index (χ0n) is 22.3. The fourth-order valence-corrected chi connectivity index (χ4v) is 5.15. The van der Waals surface area contributed by atoms with Gasteiger partial charge in [0.2, 0.25) is 21.8 Å². The maximum atomic E-state index is 13.4. The van der Waals surface area contributed by atoms with Gasteiger partial charge in [0, 0.05) is 30.1 Å². The molecular weight excluding hydrogens is 498 g/mol. The van der Waals surface area contributed by atoms with E-state index in [1.807, 2.05) is 58.9 Å². The van der Waals surface area contributed by atoms with E-state index in [1.165, 1.54) is 9.21 Å². The van der Waals surface area contributed by atoms with Crippen molar-refractivity contribution in [3.8, 4) is 0 Å². The Morgan fingerprint density at radius 2 is 1.67 bits per heavy atom. The lowest BCUT2D eigenvalue weighted by atomic mass is 10.1. The van der Waals surface area contributed by atoms with Crippen LogP contribution in [0.2, 0.25) is 5.02 Å². The molecule has 0 bridgehead atoms. The maximum Gasteiger partial charge on any atom is 0.242 e. The van der Waals surface area contributed by atoms with Crippen LogP contribution in [0, 0.1) is 13.8 Å². The number of nitrogens with zero attached hydrogens (tertiary/aromatic N) is 2. The summed E-state index contributed by atoms with van der Waals surface area (Å²) < 4.78 is 26.4. The molecule has 0 aliphatic rings. The summed E-state index contributed by atoms with van der Waals surface area (Å²) in [6, 6.07) is 12.1. The molecule has 0 fully saturated rings. The molecule has 0 radical (unpaired) electrons. The van der Waals surface area contributed by atoms with E-state index in [0.29, 0.717) is 17.1 Å². The molecule has 1 N–H and O–H groups in total. The van der Waals surface area contributed by atoms with Crippen molar-refractivity contribution >= 4 is 39.1 Å². The first-order chi connectivity index (χ1) is 16.6. The summed E-state index contributed by atoms with van der Waals surface area (Å²) in [6.45, 7) is 11.5. The third-order valence-corrected chi connectivity index (χ3v) is 6.98. The van der Waals surface area contributed by atoms with Crippen LogP contribution >= 0.6 is 11.6 Å². The number of nitrogens with one attached hydrogen (secondary N) is 1. The largest absolute Gasteiger partial charge is 0.350 e. The van der Waals surface area contributed by atoms with Crippen LogP contribution in [0.4, 0.5) is 5.69 Å². The minimum atomic E-state index is -3.54. The van der Waals surface area contributed by atoms with Crippen LogP contribution in [0.3, 0.4) is 0 Å². The number of benzene rings is 2. The van der Waals surface area contributed by atoms with Crippen LogP contribution in [0.5, 0.6) is 0 Å². The number of sulfonamides is 1. The van der Waals surface area contributed by atoms with Crippen LogP contribution in [-0.2, 0) is 26.2 Å². The lowest BCUT2D eigenvalue weighted by Crippen LogP contribution is -2.52. The zero-order valence-corrected chi connectivity index (χ0v) is 23.8. The normalized spacial score (nSPS) is 12.7. The SMILES string of the molecule is Cc1cc(C)cc(N(CCCC(=O)N(Cc2cccc(Cl)c2)[C@H](C)C(=O)NC(C)(C)C)S(C)(=O)=O)c1. The number of anilines is 1. The number of hydrogen-bond acceptors (Lipinski definition) is 4. The van der Waals surface area contributed by atoms with E-state index in [0.717, 1.165) is 22.9 Å². The lowest BCUT2D eigenvalue weighted by molar-refractivity contribution is -0.141. The molecule has 0 saturated carbocycles. The molecule has 0 saturated heterocycles. The second-order valence-corrected chi connectivity index (χ2v) is 12.7. The zero-order chi connectivity index (χ0) is 27.3. The second-order valence-electron chi connectivity index (χ2n) is 10.4. The molecule has 2 rings (SSSR count). The summed E-state index contributed by atoms with van der Waals surface area (Å²) in [7, 11) is -3.54. The van der Waals surface area contributed by atoms with Crippen molar-refractivity contribution in [3.05, 3.63) is 64.2 Å². The highest BCUT2D eigenvalue weighted by molar-refractivity contribution is 7.92. The Hall–Kier alpha value is -2.58. The van der Waals surface area contributed by atoms with E-state index in [2.05, 4.69) is 5.32 Å². The number of aryl methyl sites for hydroxylation is 2. The summed E-state index contributed by atoms with van der Waals surface area (Å²) in [5, 5.41) is 3.48. The standard InChI is InChI=1S/C27H38ClN3O4S/c1-19-14-20(2)16-24(15-19)31(36(7,34)35)13-9-12-25(32)30(18-22-10-8-11-23(28)17-22)21(3)26(33)29-27(4,5)6/h8,10-11,14-17,21H,9,12-13,18H2,1-7H3,(H,29,33)/t21-/m1/s1. The first kappa shape index (κ1) is 29.6. The molecule has 9 heteroatoms. The second kappa shape index (κ2) is 12.1. The molecule has 2 aromatic carbocycles. The first-order valence-corrected chi connectivity index (χ1v) is 14.2. The molecule has 0 aliphatic carbocycles. The summed E-state index contributed by atoms with van der Waals surface area (Å²) in [5.41, 5.74) is 2.86. The highest BCUT2D eigenvalue weighted by Crippen LogP contribution is 2.22. The molecule has 198 valence electrons. The highest BCUT2D eigenvalue weighted by Gasteiger charge is 2.28. The molecule has 7 nitrogen and oxygen atoms in total. The van der Waals surface area contributed by atoms with E-state index in [1.54, 1.807) is 25.1 Å². The van der Waals surface area contributed by atoms with Crippen LogP contribution in [0.25, 0.3) is 0 Å². The Morgan fingerprint density at radius 3 is 2.19 bits per heavy atom. The Bertz CT molecular complexity index is 1170. The summed E-state index contributed by atoms with van der Waals surface area (Å²) in [5.74, 6) is -0.494.